The first kappa shape index (κ1) is 20.5. The molecule has 2 aromatic carbocycles. The molecule has 7 heteroatoms. The third-order valence-corrected chi connectivity index (χ3v) is 5.93. The number of carbonyl (C=O) groups is 2. The summed E-state index contributed by atoms with van der Waals surface area (Å²) in [7, 11) is 0. The number of likely N-dealkylation sites (tertiary alicyclic amines) is 1. The van der Waals surface area contributed by atoms with Crippen molar-refractivity contribution in [1.82, 2.24) is 14.7 Å². The lowest BCUT2D eigenvalue weighted by atomic mass is 9.96. The van der Waals surface area contributed by atoms with E-state index in [0.29, 0.717) is 26.2 Å². The molecule has 4 rings (SSSR count). The SMILES string of the molecule is O=C(c1ccc(F)c(F)c1)N1CC(C(=O)N2CCN(CCc3ccccc3)CC2)C1. The van der Waals surface area contributed by atoms with Crippen molar-refractivity contribution >= 4 is 11.8 Å². The lowest BCUT2D eigenvalue weighted by Crippen LogP contribution is -2.59. The second kappa shape index (κ2) is 8.92. The highest BCUT2D eigenvalue weighted by Gasteiger charge is 2.38. The molecule has 2 aromatic rings. The van der Waals surface area contributed by atoms with Crippen molar-refractivity contribution in [2.24, 2.45) is 5.92 Å². The van der Waals surface area contributed by atoms with Gasteiger partial charge >= 0.3 is 0 Å². The highest BCUT2D eigenvalue weighted by Crippen LogP contribution is 2.22. The Morgan fingerprint density at radius 3 is 2.23 bits per heavy atom. The van der Waals surface area contributed by atoms with Gasteiger partial charge in [0.15, 0.2) is 11.6 Å². The second-order valence-corrected chi connectivity index (χ2v) is 7.94. The Kier molecular flexibility index (Phi) is 6.08. The van der Waals surface area contributed by atoms with Gasteiger partial charge in [0.2, 0.25) is 5.91 Å². The van der Waals surface area contributed by atoms with Gasteiger partial charge in [0.05, 0.1) is 5.92 Å². The first-order chi connectivity index (χ1) is 14.5. The summed E-state index contributed by atoms with van der Waals surface area (Å²) in [5.74, 6) is -2.53. The lowest BCUT2D eigenvalue weighted by molar-refractivity contribution is -0.141. The van der Waals surface area contributed by atoms with Crippen molar-refractivity contribution in [3.63, 3.8) is 0 Å². The average molecular weight is 413 g/mol. The first-order valence-electron chi connectivity index (χ1n) is 10.3. The number of carbonyl (C=O) groups excluding carboxylic acids is 2. The molecule has 5 nitrogen and oxygen atoms in total. The summed E-state index contributed by atoms with van der Waals surface area (Å²) in [6, 6.07) is 13.5. The van der Waals surface area contributed by atoms with Crippen LogP contribution in [0.1, 0.15) is 15.9 Å². The van der Waals surface area contributed by atoms with Gasteiger partial charge in [-0.3, -0.25) is 14.5 Å². The van der Waals surface area contributed by atoms with Gasteiger partial charge < -0.3 is 9.80 Å². The van der Waals surface area contributed by atoms with Crippen LogP contribution in [0.2, 0.25) is 0 Å². The molecule has 2 heterocycles. The highest BCUT2D eigenvalue weighted by atomic mass is 19.2. The van der Waals surface area contributed by atoms with Crippen LogP contribution in [0.15, 0.2) is 48.5 Å². The Labute approximate surface area is 174 Å². The Morgan fingerprint density at radius 1 is 0.867 bits per heavy atom. The number of benzene rings is 2. The summed E-state index contributed by atoms with van der Waals surface area (Å²) < 4.78 is 26.4. The van der Waals surface area contributed by atoms with Crippen LogP contribution in [0.3, 0.4) is 0 Å². The standard InChI is InChI=1S/C23H25F2N3O2/c24-20-7-6-18(14-21(20)25)22(29)28-15-19(16-28)23(30)27-12-10-26(11-13-27)9-8-17-4-2-1-3-5-17/h1-7,14,19H,8-13,15-16H2. The van der Waals surface area contributed by atoms with Crippen molar-refractivity contribution in [2.45, 2.75) is 6.42 Å². The summed E-state index contributed by atoms with van der Waals surface area (Å²) in [5, 5.41) is 0. The van der Waals surface area contributed by atoms with E-state index in [1.807, 2.05) is 23.1 Å². The van der Waals surface area contributed by atoms with E-state index < -0.39 is 11.6 Å². The predicted octanol–water partition coefficient (Wildman–Crippen LogP) is 2.42. The van der Waals surface area contributed by atoms with Crippen LogP contribution in [0.5, 0.6) is 0 Å². The summed E-state index contributed by atoms with van der Waals surface area (Å²) in [4.78, 5) is 30.9. The number of amides is 2. The topological polar surface area (TPSA) is 43.9 Å². The first-order valence-corrected chi connectivity index (χ1v) is 10.3. The molecule has 2 aliphatic rings. The zero-order chi connectivity index (χ0) is 21.1. The molecular weight excluding hydrogens is 388 g/mol. The molecule has 2 amide bonds. The van der Waals surface area contributed by atoms with Crippen LogP contribution in [-0.2, 0) is 11.2 Å². The fraction of sp³-hybridized carbons (Fsp3) is 0.391. The zero-order valence-corrected chi connectivity index (χ0v) is 16.8. The average Bonchev–Trinajstić information content (AvgIpc) is 2.74. The van der Waals surface area contributed by atoms with Crippen molar-refractivity contribution < 1.29 is 18.4 Å². The monoisotopic (exact) mass is 413 g/mol. The normalized spacial score (nSPS) is 17.7. The van der Waals surface area contributed by atoms with Gasteiger partial charge in [0.25, 0.3) is 5.91 Å². The molecule has 0 saturated carbocycles. The summed E-state index contributed by atoms with van der Waals surface area (Å²) in [5.41, 5.74) is 1.42. The van der Waals surface area contributed by atoms with Crippen LogP contribution in [0.4, 0.5) is 8.78 Å². The third-order valence-electron chi connectivity index (χ3n) is 5.93. The lowest BCUT2D eigenvalue weighted by Gasteiger charge is -2.42. The van der Waals surface area contributed by atoms with Gasteiger partial charge in [0, 0.05) is 51.4 Å². The highest BCUT2D eigenvalue weighted by molar-refractivity contribution is 5.96. The van der Waals surface area contributed by atoms with Gasteiger partial charge in [-0.05, 0) is 30.2 Å². The van der Waals surface area contributed by atoms with Crippen molar-refractivity contribution in [1.29, 1.82) is 0 Å². The minimum atomic E-state index is -1.04. The van der Waals surface area contributed by atoms with Crippen molar-refractivity contribution in [3.05, 3.63) is 71.3 Å². The van der Waals surface area contributed by atoms with E-state index in [-0.39, 0.29) is 23.3 Å². The largest absolute Gasteiger partial charge is 0.340 e. The molecule has 0 aromatic heterocycles. The van der Waals surface area contributed by atoms with Gasteiger partial charge in [-0.25, -0.2) is 8.78 Å². The fourth-order valence-corrected chi connectivity index (χ4v) is 3.99. The van der Waals surface area contributed by atoms with Gasteiger partial charge in [-0.15, -0.1) is 0 Å². The Hall–Kier alpha value is -2.80. The quantitative estimate of drug-likeness (QED) is 0.756. The maximum absolute atomic E-state index is 13.3. The predicted molar refractivity (Wildman–Crippen MR) is 109 cm³/mol. The molecule has 2 saturated heterocycles. The molecule has 0 spiro atoms. The van der Waals surface area contributed by atoms with E-state index in [1.165, 1.54) is 16.5 Å². The van der Waals surface area contributed by atoms with Gasteiger partial charge in [-0.2, -0.15) is 0 Å². The summed E-state index contributed by atoms with van der Waals surface area (Å²) in [6.07, 6.45) is 0.998. The van der Waals surface area contributed by atoms with Crippen molar-refractivity contribution in [3.8, 4) is 0 Å². The van der Waals surface area contributed by atoms with E-state index in [0.717, 1.165) is 38.2 Å². The van der Waals surface area contributed by atoms with Crippen LogP contribution >= 0.6 is 0 Å². The smallest absolute Gasteiger partial charge is 0.254 e. The van der Waals surface area contributed by atoms with Crippen LogP contribution < -0.4 is 0 Å². The molecular formula is C23H25F2N3O2. The van der Waals surface area contributed by atoms with Crippen molar-refractivity contribution in [2.75, 3.05) is 45.8 Å². The summed E-state index contributed by atoms with van der Waals surface area (Å²) >= 11 is 0. The molecule has 0 atom stereocenters. The fourth-order valence-electron chi connectivity index (χ4n) is 3.99. The molecule has 30 heavy (non-hydrogen) atoms. The number of nitrogens with zero attached hydrogens (tertiary/aromatic N) is 3. The number of hydrogen-bond acceptors (Lipinski definition) is 3. The summed E-state index contributed by atoms with van der Waals surface area (Å²) in [6.45, 7) is 4.72. The minimum absolute atomic E-state index is 0.0760. The van der Waals surface area contributed by atoms with E-state index in [4.69, 9.17) is 0 Å². The van der Waals surface area contributed by atoms with E-state index in [2.05, 4.69) is 17.0 Å². The number of halogens is 2. The molecule has 0 N–H and O–H groups in total. The van der Waals surface area contributed by atoms with Gasteiger partial charge in [-0.1, -0.05) is 30.3 Å². The van der Waals surface area contributed by atoms with E-state index in [1.54, 1.807) is 0 Å². The third kappa shape index (κ3) is 4.51. The zero-order valence-electron chi connectivity index (χ0n) is 16.8. The molecule has 0 bridgehead atoms. The molecule has 0 radical (unpaired) electrons. The van der Waals surface area contributed by atoms with Gasteiger partial charge in [0.1, 0.15) is 0 Å². The maximum atomic E-state index is 13.3. The Bertz CT molecular complexity index is 908. The molecule has 2 fully saturated rings. The Morgan fingerprint density at radius 2 is 1.57 bits per heavy atom. The van der Waals surface area contributed by atoms with E-state index >= 15 is 0 Å². The Balaban J connectivity index is 1.21. The van der Waals surface area contributed by atoms with Crippen LogP contribution in [0.25, 0.3) is 0 Å². The molecule has 0 unspecified atom stereocenters. The second-order valence-electron chi connectivity index (χ2n) is 7.94. The maximum Gasteiger partial charge on any atom is 0.254 e. The number of piperazine rings is 1. The minimum Gasteiger partial charge on any atom is -0.340 e. The van der Waals surface area contributed by atoms with Crippen LogP contribution in [-0.4, -0.2) is 72.3 Å². The number of rotatable bonds is 5. The van der Waals surface area contributed by atoms with E-state index in [9.17, 15) is 18.4 Å². The number of hydrogen-bond donors (Lipinski definition) is 0. The molecule has 0 aliphatic carbocycles. The molecule has 158 valence electrons. The molecule has 2 aliphatic heterocycles. The van der Waals surface area contributed by atoms with Crippen LogP contribution in [0, 0.1) is 17.6 Å².